The molecule has 0 saturated carbocycles. The van der Waals surface area contributed by atoms with E-state index in [2.05, 4.69) is 15.9 Å². The molecule has 4 nitrogen and oxygen atoms in total. The van der Waals surface area contributed by atoms with Crippen LogP contribution in [0.1, 0.15) is 5.56 Å². The van der Waals surface area contributed by atoms with Gasteiger partial charge in [-0.05, 0) is 28.1 Å². The fourth-order valence-electron chi connectivity index (χ4n) is 1.53. The molecule has 0 atom stereocenters. The molecule has 0 bridgehead atoms. The Labute approximate surface area is 125 Å². The fourth-order valence-corrected chi connectivity index (χ4v) is 2.00. The van der Waals surface area contributed by atoms with Crippen molar-refractivity contribution in [3.63, 3.8) is 0 Å². The number of hydrogen-bond acceptors (Lipinski definition) is 4. The van der Waals surface area contributed by atoms with Crippen LogP contribution in [-0.4, -0.2) is 0 Å². The number of anilines is 2. The maximum atomic E-state index is 13.8. The minimum Gasteiger partial charge on any atom is -0.453 e. The summed E-state index contributed by atoms with van der Waals surface area (Å²) < 4.78 is 45.6. The Kier molecular flexibility index (Phi) is 3.95. The standard InChI is InChI=1S/C13H7BrF3N3O/c14-8-11(19)12(20)9(16)10(17)13(8)21-6-1-2-7(15)5(3-6)4-18/h1-3H,19-20H2. The third-order valence-electron chi connectivity index (χ3n) is 2.63. The number of benzene rings is 2. The van der Waals surface area contributed by atoms with Gasteiger partial charge in [0.2, 0.25) is 5.82 Å². The lowest BCUT2D eigenvalue weighted by atomic mass is 10.2. The minimum atomic E-state index is -1.35. The number of nitrogens with zero attached hydrogens (tertiary/aromatic N) is 1. The smallest absolute Gasteiger partial charge is 0.204 e. The zero-order valence-electron chi connectivity index (χ0n) is 10.3. The quantitative estimate of drug-likeness (QED) is 0.633. The second kappa shape index (κ2) is 5.54. The van der Waals surface area contributed by atoms with Crippen LogP contribution < -0.4 is 16.2 Å². The second-order valence-corrected chi connectivity index (χ2v) is 4.75. The van der Waals surface area contributed by atoms with Gasteiger partial charge in [-0.25, -0.2) is 8.78 Å². The van der Waals surface area contributed by atoms with E-state index in [9.17, 15) is 13.2 Å². The number of nitrogen functional groups attached to an aromatic ring is 2. The van der Waals surface area contributed by atoms with Gasteiger partial charge in [0.05, 0.1) is 21.4 Å². The Balaban J connectivity index is 2.53. The number of ether oxygens (including phenoxy) is 1. The molecule has 0 radical (unpaired) electrons. The van der Waals surface area contributed by atoms with E-state index in [0.717, 1.165) is 18.2 Å². The first-order valence-electron chi connectivity index (χ1n) is 5.45. The first kappa shape index (κ1) is 15.0. The van der Waals surface area contributed by atoms with E-state index in [0.29, 0.717) is 0 Å². The van der Waals surface area contributed by atoms with Crippen molar-refractivity contribution in [2.45, 2.75) is 0 Å². The van der Waals surface area contributed by atoms with Gasteiger partial charge in [-0.3, -0.25) is 0 Å². The largest absolute Gasteiger partial charge is 0.453 e. The van der Waals surface area contributed by atoms with Gasteiger partial charge < -0.3 is 16.2 Å². The Bertz CT molecular complexity index is 745. The number of nitrogens with two attached hydrogens (primary N) is 2. The summed E-state index contributed by atoms with van der Waals surface area (Å²) in [5.41, 5.74) is 9.73. The lowest BCUT2D eigenvalue weighted by Gasteiger charge is -2.13. The Morgan fingerprint density at radius 1 is 1.10 bits per heavy atom. The maximum absolute atomic E-state index is 13.8. The average Bonchev–Trinajstić information content (AvgIpc) is 2.49. The van der Waals surface area contributed by atoms with Gasteiger partial charge in [0.1, 0.15) is 17.6 Å². The highest BCUT2D eigenvalue weighted by Crippen LogP contribution is 2.41. The van der Waals surface area contributed by atoms with E-state index in [-0.39, 0.29) is 21.5 Å². The van der Waals surface area contributed by atoms with Crippen LogP contribution in [0.15, 0.2) is 22.7 Å². The van der Waals surface area contributed by atoms with Crippen molar-refractivity contribution in [2.75, 3.05) is 11.5 Å². The molecule has 0 unspecified atom stereocenters. The van der Waals surface area contributed by atoms with Crippen LogP contribution in [0, 0.1) is 28.8 Å². The molecule has 0 fully saturated rings. The number of hydrogen-bond donors (Lipinski definition) is 2. The predicted octanol–water partition coefficient (Wildman–Crippen LogP) is 3.69. The van der Waals surface area contributed by atoms with Crippen LogP contribution in [0.25, 0.3) is 0 Å². The van der Waals surface area contributed by atoms with E-state index in [1.54, 1.807) is 6.07 Å². The van der Waals surface area contributed by atoms with E-state index in [4.69, 9.17) is 21.5 Å². The van der Waals surface area contributed by atoms with Crippen molar-refractivity contribution in [1.29, 1.82) is 5.26 Å². The minimum absolute atomic E-state index is 0.0591. The van der Waals surface area contributed by atoms with Crippen LogP contribution in [0.4, 0.5) is 24.5 Å². The zero-order chi connectivity index (χ0) is 15.7. The van der Waals surface area contributed by atoms with Crippen molar-refractivity contribution < 1.29 is 17.9 Å². The van der Waals surface area contributed by atoms with E-state index >= 15 is 0 Å². The summed E-state index contributed by atoms with van der Waals surface area (Å²) in [6, 6.07) is 4.78. The highest BCUT2D eigenvalue weighted by molar-refractivity contribution is 9.10. The summed E-state index contributed by atoms with van der Waals surface area (Å²) in [5.74, 6) is -4.07. The molecule has 0 aliphatic heterocycles. The summed E-state index contributed by atoms with van der Waals surface area (Å²) in [6.07, 6.45) is 0. The third-order valence-corrected chi connectivity index (χ3v) is 3.42. The summed E-state index contributed by atoms with van der Waals surface area (Å²) in [7, 11) is 0. The van der Waals surface area contributed by atoms with Crippen LogP contribution in [0.3, 0.4) is 0 Å². The predicted molar refractivity (Wildman–Crippen MR) is 74.1 cm³/mol. The highest BCUT2D eigenvalue weighted by Gasteiger charge is 2.22. The summed E-state index contributed by atoms with van der Waals surface area (Å²) in [6.45, 7) is 0. The monoisotopic (exact) mass is 357 g/mol. The number of rotatable bonds is 2. The number of halogens is 4. The molecule has 0 aliphatic carbocycles. The Hall–Kier alpha value is -2.40. The molecule has 0 saturated heterocycles. The first-order chi connectivity index (χ1) is 9.86. The molecule has 2 aromatic carbocycles. The molecule has 0 aliphatic rings. The zero-order valence-corrected chi connectivity index (χ0v) is 11.8. The van der Waals surface area contributed by atoms with Gasteiger partial charge in [0.15, 0.2) is 11.6 Å². The van der Waals surface area contributed by atoms with Gasteiger partial charge >= 0.3 is 0 Å². The summed E-state index contributed by atoms with van der Waals surface area (Å²) >= 11 is 2.95. The van der Waals surface area contributed by atoms with Crippen LogP contribution in [0.2, 0.25) is 0 Å². The van der Waals surface area contributed by atoms with Crippen LogP contribution >= 0.6 is 15.9 Å². The SMILES string of the molecule is N#Cc1cc(Oc2c(F)c(F)c(N)c(N)c2Br)ccc1F. The van der Waals surface area contributed by atoms with Crippen molar-refractivity contribution >= 4 is 27.3 Å². The van der Waals surface area contributed by atoms with E-state index in [1.165, 1.54) is 0 Å². The van der Waals surface area contributed by atoms with Crippen molar-refractivity contribution in [3.05, 3.63) is 45.7 Å². The van der Waals surface area contributed by atoms with Crippen molar-refractivity contribution in [1.82, 2.24) is 0 Å². The van der Waals surface area contributed by atoms with Gasteiger partial charge in [-0.2, -0.15) is 9.65 Å². The molecule has 0 aromatic heterocycles. The van der Waals surface area contributed by atoms with E-state index < -0.39 is 28.9 Å². The van der Waals surface area contributed by atoms with Gasteiger partial charge in [-0.15, -0.1) is 0 Å². The Morgan fingerprint density at radius 2 is 1.76 bits per heavy atom. The highest BCUT2D eigenvalue weighted by atomic mass is 79.9. The normalized spacial score (nSPS) is 10.2. The van der Waals surface area contributed by atoms with Crippen LogP contribution in [0.5, 0.6) is 11.5 Å². The summed E-state index contributed by atoms with van der Waals surface area (Å²) in [5, 5.41) is 8.72. The van der Waals surface area contributed by atoms with Crippen molar-refractivity contribution in [3.8, 4) is 17.6 Å². The molecule has 0 heterocycles. The Morgan fingerprint density at radius 3 is 2.38 bits per heavy atom. The van der Waals surface area contributed by atoms with Gasteiger partial charge in [-0.1, -0.05) is 0 Å². The van der Waals surface area contributed by atoms with Crippen LogP contribution in [-0.2, 0) is 0 Å². The molecule has 2 rings (SSSR count). The molecular formula is C13H7BrF3N3O. The lowest BCUT2D eigenvalue weighted by molar-refractivity contribution is 0.414. The maximum Gasteiger partial charge on any atom is 0.204 e. The number of nitriles is 1. The molecule has 108 valence electrons. The van der Waals surface area contributed by atoms with Crippen molar-refractivity contribution in [2.24, 2.45) is 0 Å². The molecule has 2 aromatic rings. The fraction of sp³-hybridized carbons (Fsp3) is 0. The summed E-state index contributed by atoms with van der Waals surface area (Å²) in [4.78, 5) is 0. The lowest BCUT2D eigenvalue weighted by Crippen LogP contribution is -2.04. The average molecular weight is 358 g/mol. The molecule has 0 amide bonds. The second-order valence-electron chi connectivity index (χ2n) is 3.95. The molecule has 21 heavy (non-hydrogen) atoms. The molecular weight excluding hydrogens is 351 g/mol. The molecule has 8 heteroatoms. The van der Waals surface area contributed by atoms with Gasteiger partial charge in [0.25, 0.3) is 0 Å². The first-order valence-corrected chi connectivity index (χ1v) is 6.25. The topological polar surface area (TPSA) is 85.1 Å². The van der Waals surface area contributed by atoms with Gasteiger partial charge in [0, 0.05) is 6.07 Å². The third kappa shape index (κ3) is 2.60. The van der Waals surface area contributed by atoms with E-state index in [1.807, 2.05) is 0 Å². The molecule has 4 N–H and O–H groups in total. The molecule has 0 spiro atoms.